The van der Waals surface area contributed by atoms with Crippen molar-refractivity contribution in [1.82, 2.24) is 15.4 Å². The lowest BCUT2D eigenvalue weighted by Gasteiger charge is -2.36. The second-order valence-electron chi connectivity index (χ2n) is 7.92. The fourth-order valence-electron chi connectivity index (χ4n) is 3.88. The van der Waals surface area contributed by atoms with Gasteiger partial charge in [0.25, 0.3) is 5.91 Å². The number of nitrogens with one attached hydrogen (secondary N) is 1. The number of ether oxygens (including phenoxy) is 1. The number of hydrogen-bond acceptors (Lipinski definition) is 7. The smallest absolute Gasteiger partial charge is 0.354 e. The molecule has 29 heavy (non-hydrogen) atoms. The van der Waals surface area contributed by atoms with Crippen LogP contribution in [-0.4, -0.2) is 51.7 Å². The topological polar surface area (TPSA) is 91.3 Å². The van der Waals surface area contributed by atoms with Gasteiger partial charge >= 0.3 is 5.97 Å². The van der Waals surface area contributed by atoms with Gasteiger partial charge in [0.2, 0.25) is 5.91 Å². The Morgan fingerprint density at radius 3 is 2.55 bits per heavy atom. The van der Waals surface area contributed by atoms with Gasteiger partial charge in [-0.3, -0.25) is 15.0 Å². The minimum absolute atomic E-state index is 0.202. The maximum Gasteiger partial charge on any atom is 0.354 e. The monoisotopic (exact) mass is 400 g/mol. The highest BCUT2D eigenvalue weighted by atomic mass is 16.5. The first kappa shape index (κ1) is 21.0. The molecule has 2 amide bonds. The summed E-state index contributed by atoms with van der Waals surface area (Å²) in [5.74, 6) is -1.63. The van der Waals surface area contributed by atoms with Crippen LogP contribution in [0.1, 0.15) is 46.1 Å². The van der Waals surface area contributed by atoms with E-state index >= 15 is 0 Å². The molecule has 8 nitrogen and oxygen atoms in total. The van der Waals surface area contributed by atoms with Gasteiger partial charge in [-0.05, 0) is 32.8 Å². The lowest BCUT2D eigenvalue weighted by atomic mass is 9.92. The number of hydrogen-bond donors (Lipinski definition) is 1. The van der Waals surface area contributed by atoms with Crippen molar-refractivity contribution in [3.63, 3.8) is 0 Å². The molecule has 2 aliphatic heterocycles. The number of rotatable bonds is 6. The SMILES string of the molecule is CCOC(=O)C1=NN[C@@H](C(=O)N2C(=O)CC(C)(C)N2Cc2ccccc2)[C@@H]1CC. The third kappa shape index (κ3) is 4.03. The van der Waals surface area contributed by atoms with Crippen molar-refractivity contribution in [2.75, 3.05) is 6.61 Å². The van der Waals surface area contributed by atoms with Crippen LogP contribution in [0.3, 0.4) is 0 Å². The number of hydrazine groups is 1. The summed E-state index contributed by atoms with van der Waals surface area (Å²) >= 11 is 0. The van der Waals surface area contributed by atoms with Gasteiger partial charge in [0.15, 0.2) is 5.71 Å². The molecule has 0 radical (unpaired) electrons. The van der Waals surface area contributed by atoms with Crippen molar-refractivity contribution in [2.24, 2.45) is 11.0 Å². The molecule has 1 saturated heterocycles. The second kappa shape index (κ2) is 8.32. The molecule has 0 aliphatic carbocycles. The van der Waals surface area contributed by atoms with Gasteiger partial charge in [0.1, 0.15) is 6.04 Å². The summed E-state index contributed by atoms with van der Waals surface area (Å²) in [6, 6.07) is 8.93. The van der Waals surface area contributed by atoms with E-state index in [4.69, 9.17) is 4.74 Å². The Morgan fingerprint density at radius 1 is 1.24 bits per heavy atom. The molecule has 1 fully saturated rings. The fraction of sp³-hybridized carbons (Fsp3) is 0.524. The third-order valence-electron chi connectivity index (χ3n) is 5.41. The van der Waals surface area contributed by atoms with E-state index in [1.54, 1.807) is 6.92 Å². The number of amides is 2. The molecule has 8 heteroatoms. The van der Waals surface area contributed by atoms with Crippen molar-refractivity contribution in [3.8, 4) is 0 Å². The van der Waals surface area contributed by atoms with E-state index in [0.717, 1.165) is 5.56 Å². The van der Waals surface area contributed by atoms with E-state index in [9.17, 15) is 14.4 Å². The zero-order chi connectivity index (χ0) is 21.2. The Labute approximate surface area is 170 Å². The molecule has 0 unspecified atom stereocenters. The maximum absolute atomic E-state index is 13.4. The van der Waals surface area contributed by atoms with Gasteiger partial charge in [-0.25, -0.2) is 14.8 Å². The Bertz CT molecular complexity index is 821. The molecule has 1 aromatic rings. The van der Waals surface area contributed by atoms with E-state index in [1.807, 2.05) is 56.1 Å². The number of carbonyl (C=O) groups excluding carboxylic acids is 3. The predicted octanol–water partition coefficient (Wildman–Crippen LogP) is 1.86. The summed E-state index contributed by atoms with van der Waals surface area (Å²) in [6.45, 7) is 8.15. The van der Waals surface area contributed by atoms with Gasteiger partial charge in [0, 0.05) is 24.4 Å². The van der Waals surface area contributed by atoms with Crippen molar-refractivity contribution >= 4 is 23.5 Å². The first-order valence-corrected chi connectivity index (χ1v) is 9.98. The van der Waals surface area contributed by atoms with Gasteiger partial charge in [0.05, 0.1) is 6.61 Å². The highest BCUT2D eigenvalue weighted by Crippen LogP contribution is 2.33. The van der Waals surface area contributed by atoms with Crippen LogP contribution >= 0.6 is 0 Å². The molecule has 2 heterocycles. The van der Waals surface area contributed by atoms with Crippen molar-refractivity contribution in [3.05, 3.63) is 35.9 Å². The van der Waals surface area contributed by atoms with Crippen LogP contribution in [0.25, 0.3) is 0 Å². The van der Waals surface area contributed by atoms with E-state index in [-0.39, 0.29) is 24.6 Å². The van der Waals surface area contributed by atoms with Gasteiger partial charge < -0.3 is 4.74 Å². The summed E-state index contributed by atoms with van der Waals surface area (Å²) in [5, 5.41) is 7.11. The Morgan fingerprint density at radius 2 is 1.93 bits per heavy atom. The Hall–Kier alpha value is -2.74. The van der Waals surface area contributed by atoms with Crippen LogP contribution in [0.5, 0.6) is 0 Å². The van der Waals surface area contributed by atoms with E-state index in [0.29, 0.717) is 13.0 Å². The molecule has 1 aromatic carbocycles. The molecule has 2 atom stereocenters. The highest BCUT2D eigenvalue weighted by Gasteiger charge is 2.51. The summed E-state index contributed by atoms with van der Waals surface area (Å²) in [6.07, 6.45) is 0.756. The Kier molecular flexibility index (Phi) is 6.02. The van der Waals surface area contributed by atoms with E-state index in [2.05, 4.69) is 10.5 Å². The minimum atomic E-state index is -0.782. The van der Waals surface area contributed by atoms with Crippen LogP contribution in [-0.2, 0) is 25.7 Å². The average molecular weight is 400 g/mol. The fourth-order valence-corrected chi connectivity index (χ4v) is 3.88. The molecule has 2 aliphatic rings. The summed E-state index contributed by atoms with van der Waals surface area (Å²) < 4.78 is 5.05. The molecule has 0 bridgehead atoms. The lowest BCUT2D eigenvalue weighted by molar-refractivity contribution is -0.163. The van der Waals surface area contributed by atoms with Crippen LogP contribution in [0.4, 0.5) is 0 Å². The second-order valence-corrected chi connectivity index (χ2v) is 7.92. The van der Waals surface area contributed by atoms with Crippen LogP contribution in [0, 0.1) is 5.92 Å². The van der Waals surface area contributed by atoms with Gasteiger partial charge in [-0.2, -0.15) is 5.10 Å². The summed E-state index contributed by atoms with van der Waals surface area (Å²) in [5.41, 5.74) is 3.47. The standard InChI is InChI=1S/C21H28N4O4/c1-5-15-17(22-23-18(15)20(28)29-6-2)19(27)25-16(26)12-21(3,4)24(25)13-14-10-8-7-9-11-14/h7-11,15,17,22H,5-6,12-13H2,1-4H3/t15-,17+/m0/s1. The average Bonchev–Trinajstić information content (AvgIpc) is 3.20. The number of benzene rings is 1. The zero-order valence-corrected chi connectivity index (χ0v) is 17.3. The quantitative estimate of drug-likeness (QED) is 0.579. The van der Waals surface area contributed by atoms with Crippen LogP contribution in [0.15, 0.2) is 35.4 Å². The van der Waals surface area contributed by atoms with Gasteiger partial charge in [-0.1, -0.05) is 37.3 Å². The number of carbonyl (C=O) groups is 3. The van der Waals surface area contributed by atoms with Crippen molar-refractivity contribution in [1.29, 1.82) is 0 Å². The van der Waals surface area contributed by atoms with Crippen molar-refractivity contribution in [2.45, 2.75) is 58.7 Å². The number of nitrogens with zero attached hydrogens (tertiary/aromatic N) is 3. The summed E-state index contributed by atoms with van der Waals surface area (Å²) in [4.78, 5) is 38.4. The van der Waals surface area contributed by atoms with E-state index in [1.165, 1.54) is 5.01 Å². The first-order valence-electron chi connectivity index (χ1n) is 9.98. The van der Waals surface area contributed by atoms with Gasteiger partial charge in [-0.15, -0.1) is 0 Å². The largest absolute Gasteiger partial charge is 0.461 e. The Balaban J connectivity index is 1.84. The molecule has 3 rings (SSSR count). The molecular formula is C21H28N4O4. The maximum atomic E-state index is 13.4. The molecule has 156 valence electrons. The third-order valence-corrected chi connectivity index (χ3v) is 5.41. The molecule has 0 aromatic heterocycles. The molecular weight excluding hydrogens is 372 g/mol. The first-order chi connectivity index (χ1) is 13.8. The van der Waals surface area contributed by atoms with Crippen molar-refractivity contribution < 1.29 is 19.1 Å². The zero-order valence-electron chi connectivity index (χ0n) is 17.3. The molecule has 0 saturated carbocycles. The highest BCUT2D eigenvalue weighted by molar-refractivity contribution is 6.38. The van der Waals surface area contributed by atoms with E-state index < -0.39 is 29.4 Å². The summed E-state index contributed by atoms with van der Waals surface area (Å²) in [7, 11) is 0. The number of esters is 1. The number of hydrazone groups is 1. The van der Waals surface area contributed by atoms with Crippen LogP contribution < -0.4 is 5.43 Å². The lowest BCUT2D eigenvalue weighted by Crippen LogP contribution is -2.55. The minimum Gasteiger partial charge on any atom is -0.461 e. The van der Waals surface area contributed by atoms with Crippen LogP contribution in [0.2, 0.25) is 0 Å². The number of imide groups is 1. The normalized spacial score (nSPS) is 23.7. The molecule has 0 spiro atoms. The molecule has 1 N–H and O–H groups in total. The predicted molar refractivity (Wildman–Crippen MR) is 107 cm³/mol.